The molecule has 0 radical (unpaired) electrons. The maximum atomic E-state index is 12.3. The van der Waals surface area contributed by atoms with Gasteiger partial charge in [0, 0.05) is 38.6 Å². The lowest BCUT2D eigenvalue weighted by Gasteiger charge is -2.31. The number of hydrogen-bond acceptors (Lipinski definition) is 4. The Bertz CT molecular complexity index is 653. The molecule has 1 aliphatic rings. The van der Waals surface area contributed by atoms with Crippen LogP contribution in [0.15, 0.2) is 36.5 Å². The van der Waals surface area contributed by atoms with Crippen molar-refractivity contribution in [3.63, 3.8) is 0 Å². The van der Waals surface area contributed by atoms with Gasteiger partial charge in [-0.2, -0.15) is 5.10 Å². The number of nitrogens with zero attached hydrogens (tertiary/aromatic N) is 3. The number of aromatic nitrogens is 2. The van der Waals surface area contributed by atoms with Crippen molar-refractivity contribution in [1.29, 1.82) is 0 Å². The molecule has 7 nitrogen and oxygen atoms in total. The summed E-state index contributed by atoms with van der Waals surface area (Å²) in [6, 6.07) is 9.96. The topological polar surface area (TPSA) is 73.5 Å². The van der Waals surface area contributed by atoms with Crippen molar-refractivity contribution >= 4 is 11.7 Å². The Morgan fingerprint density at radius 3 is 2.88 bits per heavy atom. The Kier molecular flexibility index (Phi) is 5.32. The number of rotatable bonds is 5. The van der Waals surface area contributed by atoms with Crippen molar-refractivity contribution < 1.29 is 9.53 Å². The predicted octanol–water partition coefficient (Wildman–Crippen LogP) is 1.59. The number of nitrogens with one attached hydrogen (secondary N) is 2. The van der Waals surface area contributed by atoms with Crippen molar-refractivity contribution in [3.8, 4) is 0 Å². The van der Waals surface area contributed by atoms with Crippen LogP contribution in [0.5, 0.6) is 0 Å². The SMILES string of the molecule is CN(Cc1ccccc1N1CCOCC1)C(=O)NCc1ccn[nH]1. The second-order valence-corrected chi connectivity index (χ2v) is 5.82. The number of H-pyrrole nitrogens is 1. The highest BCUT2D eigenvalue weighted by molar-refractivity contribution is 5.74. The molecule has 0 saturated carbocycles. The standard InChI is InChI=1S/C17H23N5O2/c1-21(17(23)18-12-15-6-7-19-20-15)13-14-4-2-3-5-16(14)22-8-10-24-11-9-22/h2-7H,8-13H2,1H3,(H,18,23)(H,19,20). The Labute approximate surface area is 141 Å². The van der Waals surface area contributed by atoms with Crippen LogP contribution in [0.4, 0.5) is 10.5 Å². The maximum absolute atomic E-state index is 12.3. The molecule has 3 rings (SSSR count). The molecule has 24 heavy (non-hydrogen) atoms. The zero-order chi connectivity index (χ0) is 16.8. The van der Waals surface area contributed by atoms with Crippen molar-refractivity contribution in [2.24, 2.45) is 0 Å². The average molecular weight is 329 g/mol. The van der Waals surface area contributed by atoms with Gasteiger partial charge in [0.1, 0.15) is 0 Å². The zero-order valence-corrected chi connectivity index (χ0v) is 13.9. The highest BCUT2D eigenvalue weighted by Crippen LogP contribution is 2.22. The average Bonchev–Trinajstić information content (AvgIpc) is 3.14. The summed E-state index contributed by atoms with van der Waals surface area (Å²) in [5.41, 5.74) is 3.19. The minimum atomic E-state index is -0.110. The van der Waals surface area contributed by atoms with E-state index in [-0.39, 0.29) is 6.03 Å². The normalized spacial score (nSPS) is 14.5. The molecule has 1 saturated heterocycles. The van der Waals surface area contributed by atoms with Gasteiger partial charge < -0.3 is 19.9 Å². The maximum Gasteiger partial charge on any atom is 0.317 e. The molecule has 2 N–H and O–H groups in total. The van der Waals surface area contributed by atoms with Crippen molar-refractivity contribution in [2.75, 3.05) is 38.3 Å². The summed E-state index contributed by atoms with van der Waals surface area (Å²) >= 11 is 0. The highest BCUT2D eigenvalue weighted by atomic mass is 16.5. The lowest BCUT2D eigenvalue weighted by atomic mass is 10.1. The van der Waals surface area contributed by atoms with Crippen LogP contribution in [0.1, 0.15) is 11.3 Å². The monoisotopic (exact) mass is 329 g/mol. The number of aromatic amines is 1. The zero-order valence-electron chi connectivity index (χ0n) is 13.9. The third-order valence-electron chi connectivity index (χ3n) is 4.09. The predicted molar refractivity (Wildman–Crippen MR) is 91.8 cm³/mol. The van der Waals surface area contributed by atoms with Gasteiger partial charge in [-0.1, -0.05) is 18.2 Å². The minimum Gasteiger partial charge on any atom is -0.378 e. The number of hydrogen-bond donors (Lipinski definition) is 2. The van der Waals surface area contributed by atoms with E-state index in [4.69, 9.17) is 4.74 Å². The van der Waals surface area contributed by atoms with E-state index < -0.39 is 0 Å². The van der Waals surface area contributed by atoms with Gasteiger partial charge in [-0.15, -0.1) is 0 Å². The van der Waals surface area contributed by atoms with E-state index in [1.165, 1.54) is 5.69 Å². The first-order valence-corrected chi connectivity index (χ1v) is 8.12. The first-order chi connectivity index (χ1) is 11.7. The van der Waals surface area contributed by atoms with Crippen LogP contribution in [-0.2, 0) is 17.8 Å². The molecule has 0 bridgehead atoms. The third kappa shape index (κ3) is 4.05. The summed E-state index contributed by atoms with van der Waals surface area (Å²) in [5.74, 6) is 0. The summed E-state index contributed by atoms with van der Waals surface area (Å²) in [6.07, 6.45) is 1.67. The lowest BCUT2D eigenvalue weighted by molar-refractivity contribution is 0.122. The van der Waals surface area contributed by atoms with Gasteiger partial charge >= 0.3 is 6.03 Å². The molecule has 7 heteroatoms. The molecule has 0 spiro atoms. The Morgan fingerprint density at radius 1 is 1.33 bits per heavy atom. The van der Waals surface area contributed by atoms with Crippen LogP contribution in [0.3, 0.4) is 0 Å². The molecule has 0 unspecified atom stereocenters. The first-order valence-electron chi connectivity index (χ1n) is 8.12. The lowest BCUT2D eigenvalue weighted by Crippen LogP contribution is -2.39. The third-order valence-corrected chi connectivity index (χ3v) is 4.09. The van der Waals surface area contributed by atoms with Crippen LogP contribution in [0.25, 0.3) is 0 Å². The second-order valence-electron chi connectivity index (χ2n) is 5.82. The van der Waals surface area contributed by atoms with E-state index >= 15 is 0 Å². The number of urea groups is 1. The van der Waals surface area contributed by atoms with Gasteiger partial charge in [-0.3, -0.25) is 5.10 Å². The number of para-hydroxylation sites is 1. The smallest absolute Gasteiger partial charge is 0.317 e. The summed E-state index contributed by atoms with van der Waals surface area (Å²) in [4.78, 5) is 16.3. The van der Waals surface area contributed by atoms with Gasteiger partial charge in [0.15, 0.2) is 0 Å². The number of carbonyl (C=O) groups is 1. The van der Waals surface area contributed by atoms with Gasteiger partial charge in [0.05, 0.1) is 25.5 Å². The molecular weight excluding hydrogens is 306 g/mol. The van der Waals surface area contributed by atoms with E-state index in [1.54, 1.807) is 18.1 Å². The van der Waals surface area contributed by atoms with Gasteiger partial charge in [0.25, 0.3) is 0 Å². The Balaban J connectivity index is 1.61. The molecule has 1 aromatic carbocycles. The largest absolute Gasteiger partial charge is 0.378 e. The van der Waals surface area contributed by atoms with Gasteiger partial charge in [-0.05, 0) is 17.7 Å². The molecule has 0 atom stereocenters. The molecule has 1 aromatic heterocycles. The fraction of sp³-hybridized carbons (Fsp3) is 0.412. The number of carbonyl (C=O) groups excluding carboxylic acids is 1. The summed E-state index contributed by atoms with van der Waals surface area (Å²) in [6.45, 7) is 4.25. The molecule has 2 aromatic rings. The summed E-state index contributed by atoms with van der Waals surface area (Å²) in [7, 11) is 1.80. The molecular formula is C17H23N5O2. The van der Waals surface area contributed by atoms with Gasteiger partial charge in [0.2, 0.25) is 0 Å². The molecule has 0 aliphatic carbocycles. The fourth-order valence-corrected chi connectivity index (χ4v) is 2.77. The van der Waals surface area contributed by atoms with E-state index in [1.807, 2.05) is 18.2 Å². The molecule has 1 fully saturated rings. The number of ether oxygens (including phenoxy) is 1. The number of benzene rings is 1. The Morgan fingerprint density at radius 2 is 2.12 bits per heavy atom. The number of morpholine rings is 1. The van der Waals surface area contributed by atoms with Crippen LogP contribution in [-0.4, -0.2) is 54.5 Å². The minimum absolute atomic E-state index is 0.110. The Hall–Kier alpha value is -2.54. The van der Waals surface area contributed by atoms with Crippen LogP contribution < -0.4 is 10.2 Å². The van der Waals surface area contributed by atoms with Crippen LogP contribution >= 0.6 is 0 Å². The molecule has 2 amide bonds. The summed E-state index contributed by atoms with van der Waals surface area (Å²) in [5, 5.41) is 9.59. The molecule has 1 aliphatic heterocycles. The fourth-order valence-electron chi connectivity index (χ4n) is 2.77. The molecule has 128 valence electrons. The van der Waals surface area contributed by atoms with Crippen LogP contribution in [0.2, 0.25) is 0 Å². The summed E-state index contributed by atoms with van der Waals surface area (Å²) < 4.78 is 5.42. The van der Waals surface area contributed by atoms with E-state index in [2.05, 4.69) is 32.5 Å². The van der Waals surface area contributed by atoms with Crippen molar-refractivity contribution in [3.05, 3.63) is 47.8 Å². The van der Waals surface area contributed by atoms with E-state index in [0.29, 0.717) is 13.1 Å². The van der Waals surface area contributed by atoms with E-state index in [0.717, 1.165) is 37.6 Å². The van der Waals surface area contributed by atoms with Crippen molar-refractivity contribution in [1.82, 2.24) is 20.4 Å². The number of anilines is 1. The van der Waals surface area contributed by atoms with E-state index in [9.17, 15) is 4.79 Å². The number of amides is 2. The molecule has 2 heterocycles. The van der Waals surface area contributed by atoms with Gasteiger partial charge in [-0.25, -0.2) is 4.79 Å². The van der Waals surface area contributed by atoms with Crippen LogP contribution in [0, 0.1) is 0 Å². The second kappa shape index (κ2) is 7.83. The quantitative estimate of drug-likeness (QED) is 0.874. The van der Waals surface area contributed by atoms with Crippen molar-refractivity contribution in [2.45, 2.75) is 13.1 Å². The first kappa shape index (κ1) is 16.3. The highest BCUT2D eigenvalue weighted by Gasteiger charge is 2.16.